The largest absolute Gasteiger partial charge is 0.302 e. The molecule has 0 amide bonds. The first-order chi connectivity index (χ1) is 8.38. The van der Waals surface area contributed by atoms with Crippen molar-refractivity contribution in [2.24, 2.45) is 0 Å². The third-order valence-electron chi connectivity index (χ3n) is 3.32. The molecule has 0 aliphatic carbocycles. The van der Waals surface area contributed by atoms with Gasteiger partial charge in [0.05, 0.1) is 6.54 Å². The molecule has 2 heteroatoms. The molecule has 2 nitrogen and oxygen atoms in total. The van der Waals surface area contributed by atoms with Crippen LogP contribution in [-0.2, 0) is 6.42 Å². The van der Waals surface area contributed by atoms with Gasteiger partial charge in [-0.1, -0.05) is 36.3 Å². The van der Waals surface area contributed by atoms with E-state index in [1.54, 1.807) is 0 Å². The number of nitrogens with zero attached hydrogens (tertiary/aromatic N) is 1. The van der Waals surface area contributed by atoms with Crippen LogP contribution >= 0.6 is 0 Å². The van der Waals surface area contributed by atoms with Gasteiger partial charge in [-0.05, 0) is 24.9 Å². The van der Waals surface area contributed by atoms with Crippen molar-refractivity contribution in [2.45, 2.75) is 18.9 Å². The second kappa shape index (κ2) is 6.44. The minimum atomic E-state index is 0.585. The van der Waals surface area contributed by atoms with Gasteiger partial charge in [0, 0.05) is 19.1 Å². The Morgan fingerprint density at radius 1 is 1.35 bits per heavy atom. The molecule has 1 aromatic carbocycles. The van der Waals surface area contributed by atoms with E-state index in [-0.39, 0.29) is 0 Å². The molecule has 0 bridgehead atoms. The first-order valence-electron chi connectivity index (χ1n) is 6.31. The van der Waals surface area contributed by atoms with Gasteiger partial charge in [-0.15, -0.1) is 6.42 Å². The smallest absolute Gasteiger partial charge is 0.0576 e. The Bertz CT molecular complexity index is 366. The number of rotatable bonds is 5. The lowest BCUT2D eigenvalue weighted by Crippen LogP contribution is -2.33. The normalized spacial score (nSPS) is 20.3. The molecule has 1 aromatic rings. The van der Waals surface area contributed by atoms with Crippen LogP contribution in [0.1, 0.15) is 12.0 Å². The molecule has 0 aromatic heterocycles. The summed E-state index contributed by atoms with van der Waals surface area (Å²) in [6, 6.07) is 11.3. The maximum absolute atomic E-state index is 5.25. The van der Waals surface area contributed by atoms with Crippen molar-refractivity contribution in [3.63, 3.8) is 0 Å². The highest BCUT2D eigenvalue weighted by atomic mass is 15.2. The van der Waals surface area contributed by atoms with Crippen molar-refractivity contribution in [1.29, 1.82) is 0 Å². The molecular weight excluding hydrogens is 208 g/mol. The van der Waals surface area contributed by atoms with E-state index >= 15 is 0 Å². The monoisotopic (exact) mass is 228 g/mol. The number of hydrogen-bond donors (Lipinski definition) is 1. The zero-order chi connectivity index (χ0) is 11.9. The summed E-state index contributed by atoms with van der Waals surface area (Å²) >= 11 is 0. The van der Waals surface area contributed by atoms with E-state index in [1.165, 1.54) is 18.5 Å². The summed E-state index contributed by atoms with van der Waals surface area (Å²) in [7, 11) is 0. The fourth-order valence-electron chi connectivity index (χ4n) is 2.34. The first-order valence-corrected chi connectivity index (χ1v) is 6.31. The summed E-state index contributed by atoms with van der Waals surface area (Å²) in [5.41, 5.74) is 1.42. The summed E-state index contributed by atoms with van der Waals surface area (Å²) < 4.78 is 0. The molecular formula is C15H20N2. The van der Waals surface area contributed by atoms with E-state index in [4.69, 9.17) is 6.42 Å². The predicted octanol–water partition coefficient (Wildman–Crippen LogP) is 1.53. The zero-order valence-corrected chi connectivity index (χ0v) is 10.2. The molecule has 17 heavy (non-hydrogen) atoms. The van der Waals surface area contributed by atoms with Gasteiger partial charge in [0.25, 0.3) is 0 Å². The topological polar surface area (TPSA) is 15.3 Å². The summed E-state index contributed by atoms with van der Waals surface area (Å²) in [6.45, 7) is 4.17. The molecule has 1 saturated heterocycles. The molecule has 1 aliphatic heterocycles. The molecule has 1 heterocycles. The maximum Gasteiger partial charge on any atom is 0.0576 e. The van der Waals surface area contributed by atoms with E-state index < -0.39 is 0 Å². The van der Waals surface area contributed by atoms with E-state index in [9.17, 15) is 0 Å². The summed E-state index contributed by atoms with van der Waals surface area (Å²) in [5, 5.41) is 3.38. The van der Waals surface area contributed by atoms with Gasteiger partial charge in [0.1, 0.15) is 0 Å². The fraction of sp³-hybridized carbons (Fsp3) is 0.467. The van der Waals surface area contributed by atoms with Crippen LogP contribution in [0.5, 0.6) is 0 Å². The molecule has 0 spiro atoms. The van der Waals surface area contributed by atoms with Crippen molar-refractivity contribution < 1.29 is 0 Å². The van der Waals surface area contributed by atoms with Crippen LogP contribution in [0.15, 0.2) is 30.3 Å². The van der Waals surface area contributed by atoms with Gasteiger partial charge in [-0.25, -0.2) is 0 Å². The third-order valence-corrected chi connectivity index (χ3v) is 3.32. The van der Waals surface area contributed by atoms with Gasteiger partial charge >= 0.3 is 0 Å². The lowest BCUT2D eigenvalue weighted by atomic mass is 10.1. The maximum atomic E-state index is 5.25. The van der Waals surface area contributed by atoms with Crippen molar-refractivity contribution in [3.8, 4) is 12.3 Å². The minimum absolute atomic E-state index is 0.585. The minimum Gasteiger partial charge on any atom is -0.302 e. The Morgan fingerprint density at radius 2 is 2.18 bits per heavy atom. The van der Waals surface area contributed by atoms with Crippen molar-refractivity contribution in [2.75, 3.05) is 26.2 Å². The van der Waals surface area contributed by atoms with E-state index in [0.29, 0.717) is 12.6 Å². The van der Waals surface area contributed by atoms with Gasteiger partial charge in [0.2, 0.25) is 0 Å². The highest BCUT2D eigenvalue weighted by molar-refractivity contribution is 5.14. The van der Waals surface area contributed by atoms with Crippen LogP contribution in [-0.4, -0.2) is 37.1 Å². The third kappa shape index (κ3) is 3.89. The van der Waals surface area contributed by atoms with Gasteiger partial charge in [-0.2, -0.15) is 0 Å². The predicted molar refractivity (Wildman–Crippen MR) is 71.8 cm³/mol. The van der Waals surface area contributed by atoms with Crippen LogP contribution in [0.2, 0.25) is 0 Å². The Morgan fingerprint density at radius 3 is 2.94 bits per heavy atom. The number of hydrogen-bond acceptors (Lipinski definition) is 2. The van der Waals surface area contributed by atoms with Crippen LogP contribution in [0.4, 0.5) is 0 Å². The Balaban J connectivity index is 1.70. The number of benzene rings is 1. The number of nitrogens with one attached hydrogen (secondary N) is 1. The Labute approximate surface area is 104 Å². The summed E-state index contributed by atoms with van der Waals surface area (Å²) in [5.74, 6) is 2.64. The molecule has 2 rings (SSSR count). The number of likely N-dealkylation sites (tertiary alicyclic amines) is 1. The van der Waals surface area contributed by atoms with Crippen LogP contribution < -0.4 is 5.32 Å². The van der Waals surface area contributed by atoms with Crippen molar-refractivity contribution in [3.05, 3.63) is 35.9 Å². The average Bonchev–Trinajstić information content (AvgIpc) is 2.83. The fourth-order valence-corrected chi connectivity index (χ4v) is 2.34. The quantitative estimate of drug-likeness (QED) is 0.769. The van der Waals surface area contributed by atoms with E-state index in [1.807, 2.05) is 0 Å². The second-order valence-corrected chi connectivity index (χ2v) is 4.61. The highest BCUT2D eigenvalue weighted by Gasteiger charge is 2.20. The first kappa shape index (κ1) is 12.2. The number of terminal acetylenes is 1. The molecule has 0 radical (unpaired) electrons. The zero-order valence-electron chi connectivity index (χ0n) is 10.2. The van der Waals surface area contributed by atoms with Crippen molar-refractivity contribution >= 4 is 0 Å². The summed E-state index contributed by atoms with van der Waals surface area (Å²) in [6.07, 6.45) is 7.61. The van der Waals surface area contributed by atoms with E-state index in [2.05, 4.69) is 46.5 Å². The highest BCUT2D eigenvalue weighted by Crippen LogP contribution is 2.10. The molecule has 1 fully saturated rings. The average molecular weight is 228 g/mol. The Hall–Kier alpha value is -1.30. The Kier molecular flexibility index (Phi) is 4.61. The van der Waals surface area contributed by atoms with Crippen molar-refractivity contribution in [1.82, 2.24) is 10.2 Å². The van der Waals surface area contributed by atoms with Gasteiger partial charge in [0.15, 0.2) is 0 Å². The van der Waals surface area contributed by atoms with Crippen LogP contribution in [0.25, 0.3) is 0 Å². The van der Waals surface area contributed by atoms with E-state index in [0.717, 1.165) is 19.5 Å². The van der Waals surface area contributed by atoms with Gasteiger partial charge < -0.3 is 10.2 Å². The molecule has 1 unspecified atom stereocenters. The molecule has 1 aliphatic rings. The lowest BCUT2D eigenvalue weighted by Gasteiger charge is -2.16. The van der Waals surface area contributed by atoms with Gasteiger partial charge in [-0.3, -0.25) is 0 Å². The molecule has 0 saturated carbocycles. The standard InChI is InChI=1S/C15H20N2/c1-2-10-16-15-9-12-17(13-15)11-8-14-6-4-3-5-7-14/h1,3-7,15-16H,8-13H2. The molecule has 1 atom stereocenters. The van der Waals surface area contributed by atoms with Crippen LogP contribution in [0.3, 0.4) is 0 Å². The van der Waals surface area contributed by atoms with Crippen LogP contribution in [0, 0.1) is 12.3 Å². The lowest BCUT2D eigenvalue weighted by molar-refractivity contribution is 0.333. The molecule has 90 valence electrons. The second-order valence-electron chi connectivity index (χ2n) is 4.61. The summed E-state index contributed by atoms with van der Waals surface area (Å²) in [4.78, 5) is 2.52. The molecule has 1 N–H and O–H groups in total. The SMILES string of the molecule is C#CCNC1CCN(CCc2ccccc2)C1.